The van der Waals surface area contributed by atoms with E-state index in [4.69, 9.17) is 21.1 Å². The van der Waals surface area contributed by atoms with Crippen LogP contribution < -0.4 is 14.8 Å². The van der Waals surface area contributed by atoms with E-state index in [0.29, 0.717) is 42.0 Å². The Bertz CT molecular complexity index is 1040. The topological polar surface area (TPSA) is 82.0 Å². The number of methoxy groups -OCH3 is 1. The van der Waals surface area contributed by atoms with Gasteiger partial charge in [-0.1, -0.05) is 11.6 Å². The number of halogens is 1. The van der Waals surface area contributed by atoms with Gasteiger partial charge in [-0.2, -0.15) is 9.97 Å². The molecule has 1 aliphatic carbocycles. The first kappa shape index (κ1) is 20.8. The molecule has 1 fully saturated rings. The molecule has 0 aliphatic heterocycles. The minimum absolute atomic E-state index is 0.290. The van der Waals surface area contributed by atoms with E-state index in [1.807, 2.05) is 32.9 Å². The number of hydrogen-bond donors (Lipinski definition) is 1. The Morgan fingerprint density at radius 2 is 2.03 bits per heavy atom. The molecule has 158 valence electrons. The van der Waals surface area contributed by atoms with Crippen molar-refractivity contribution >= 4 is 28.8 Å². The summed E-state index contributed by atoms with van der Waals surface area (Å²) in [6.07, 6.45) is 2.78. The molecule has 0 bridgehead atoms. The number of thiazole rings is 1. The number of nitrogens with one attached hydrogen (secondary N) is 1. The fourth-order valence-electron chi connectivity index (χ4n) is 3.32. The van der Waals surface area contributed by atoms with Gasteiger partial charge >= 0.3 is 6.01 Å². The summed E-state index contributed by atoms with van der Waals surface area (Å²) in [6, 6.07) is 4.23. The summed E-state index contributed by atoms with van der Waals surface area (Å²) in [6.45, 7) is 7.08. The van der Waals surface area contributed by atoms with Crippen LogP contribution in [0.15, 0.2) is 18.3 Å². The lowest BCUT2D eigenvalue weighted by atomic mass is 10.2. The number of anilines is 1. The third kappa shape index (κ3) is 4.65. The molecule has 9 heteroatoms. The first-order chi connectivity index (χ1) is 14.4. The highest BCUT2D eigenvalue weighted by atomic mass is 35.5. The van der Waals surface area contributed by atoms with Crippen molar-refractivity contribution in [3.63, 3.8) is 0 Å². The van der Waals surface area contributed by atoms with Gasteiger partial charge in [0.05, 0.1) is 37.2 Å². The number of hydrogen-bond acceptors (Lipinski definition) is 8. The van der Waals surface area contributed by atoms with Gasteiger partial charge in [0.1, 0.15) is 16.7 Å². The van der Waals surface area contributed by atoms with Gasteiger partial charge in [-0.3, -0.25) is 4.98 Å². The highest BCUT2D eigenvalue weighted by Crippen LogP contribution is 2.46. The van der Waals surface area contributed by atoms with Gasteiger partial charge in [0.15, 0.2) is 0 Å². The van der Waals surface area contributed by atoms with E-state index in [1.165, 1.54) is 4.88 Å². The van der Waals surface area contributed by atoms with Crippen molar-refractivity contribution in [2.24, 2.45) is 5.92 Å². The lowest BCUT2D eigenvalue weighted by molar-refractivity contribution is 0.274. The fraction of sp³-hybridized carbons (Fsp3) is 0.429. The van der Waals surface area contributed by atoms with E-state index < -0.39 is 0 Å². The van der Waals surface area contributed by atoms with Crippen molar-refractivity contribution in [2.45, 2.75) is 39.7 Å². The van der Waals surface area contributed by atoms with Gasteiger partial charge in [-0.25, -0.2) is 4.98 Å². The Labute approximate surface area is 184 Å². The van der Waals surface area contributed by atoms with E-state index in [1.54, 1.807) is 24.6 Å². The van der Waals surface area contributed by atoms with Crippen LogP contribution in [0, 0.1) is 26.7 Å². The lowest BCUT2D eigenvalue weighted by Crippen LogP contribution is -2.09. The third-order valence-electron chi connectivity index (χ3n) is 5.21. The second-order valence-corrected chi connectivity index (χ2v) is 9.05. The number of ether oxygens (including phenoxy) is 2. The molecular formula is C21H24ClN5O2S. The first-order valence-corrected chi connectivity index (χ1v) is 11.0. The zero-order valence-corrected chi connectivity index (χ0v) is 19.0. The molecule has 30 heavy (non-hydrogen) atoms. The molecule has 4 rings (SSSR count). The van der Waals surface area contributed by atoms with Gasteiger partial charge in [0.2, 0.25) is 0 Å². The number of aromatic nitrogens is 4. The molecule has 0 amide bonds. The summed E-state index contributed by atoms with van der Waals surface area (Å²) in [5.74, 6) is 2.24. The van der Waals surface area contributed by atoms with Gasteiger partial charge in [0.25, 0.3) is 0 Å². The molecular weight excluding hydrogens is 422 g/mol. The van der Waals surface area contributed by atoms with Crippen molar-refractivity contribution in [3.05, 3.63) is 50.3 Å². The van der Waals surface area contributed by atoms with Crippen molar-refractivity contribution in [1.82, 2.24) is 19.9 Å². The van der Waals surface area contributed by atoms with E-state index in [2.05, 4.69) is 25.3 Å². The molecule has 0 spiro atoms. The maximum absolute atomic E-state index is 6.32. The maximum atomic E-state index is 6.32. The van der Waals surface area contributed by atoms with Crippen LogP contribution in [0.25, 0.3) is 0 Å². The van der Waals surface area contributed by atoms with Crippen LogP contribution in [0.3, 0.4) is 0 Å². The van der Waals surface area contributed by atoms with Gasteiger partial charge in [-0.15, -0.1) is 11.3 Å². The van der Waals surface area contributed by atoms with Crippen LogP contribution in [0.4, 0.5) is 5.82 Å². The van der Waals surface area contributed by atoms with Gasteiger partial charge < -0.3 is 14.8 Å². The Hall–Kier alpha value is -2.45. The third-order valence-corrected chi connectivity index (χ3v) is 6.65. The molecule has 2 atom stereocenters. The number of rotatable bonds is 8. The monoisotopic (exact) mass is 445 g/mol. The standard InChI is InChI=1S/C21H24ClN5O2S/c1-11-19(22)26-21(27-20(11)24-9-18-12(2)25-13(3)30-18)29-10-14-7-16(14)17-6-5-15(28-4)8-23-17/h5-6,8,14,16H,7,9-10H2,1-4H3,(H,24,26,27). The quantitative estimate of drug-likeness (QED) is 0.502. The maximum Gasteiger partial charge on any atom is 0.319 e. The fourth-order valence-corrected chi connectivity index (χ4v) is 4.35. The molecule has 3 aromatic heterocycles. The van der Waals surface area contributed by atoms with E-state index in [-0.39, 0.29) is 0 Å². The average molecular weight is 446 g/mol. The van der Waals surface area contributed by atoms with Crippen LogP contribution in [-0.4, -0.2) is 33.7 Å². The first-order valence-electron chi connectivity index (χ1n) is 9.78. The average Bonchev–Trinajstić information content (AvgIpc) is 3.44. The summed E-state index contributed by atoms with van der Waals surface area (Å²) in [4.78, 5) is 18.9. The predicted molar refractivity (Wildman–Crippen MR) is 118 cm³/mol. The van der Waals surface area contributed by atoms with E-state index >= 15 is 0 Å². The Balaban J connectivity index is 1.37. The van der Waals surface area contributed by atoms with Crippen molar-refractivity contribution in [3.8, 4) is 11.8 Å². The van der Waals surface area contributed by atoms with Gasteiger partial charge in [-0.05, 0) is 39.3 Å². The van der Waals surface area contributed by atoms with Gasteiger partial charge in [0, 0.05) is 28.0 Å². The van der Waals surface area contributed by atoms with Crippen LogP contribution in [0.2, 0.25) is 5.15 Å². The normalized spacial score (nSPS) is 17.6. The van der Waals surface area contributed by atoms with E-state index in [0.717, 1.165) is 34.1 Å². The van der Waals surface area contributed by atoms with Crippen molar-refractivity contribution in [1.29, 1.82) is 0 Å². The summed E-state index contributed by atoms with van der Waals surface area (Å²) in [7, 11) is 1.64. The Morgan fingerprint density at radius 3 is 2.70 bits per heavy atom. The molecule has 3 aromatic rings. The number of aryl methyl sites for hydroxylation is 2. The number of pyridine rings is 1. The predicted octanol–water partition coefficient (Wildman–Crippen LogP) is 4.71. The summed E-state index contributed by atoms with van der Waals surface area (Å²) in [5.41, 5.74) is 2.89. The van der Waals surface area contributed by atoms with Crippen LogP contribution >= 0.6 is 22.9 Å². The highest BCUT2D eigenvalue weighted by Gasteiger charge is 2.40. The molecule has 7 nitrogen and oxygen atoms in total. The molecule has 0 radical (unpaired) electrons. The molecule has 0 aromatic carbocycles. The van der Waals surface area contributed by atoms with Crippen LogP contribution in [-0.2, 0) is 6.54 Å². The smallest absolute Gasteiger partial charge is 0.319 e. The lowest BCUT2D eigenvalue weighted by Gasteiger charge is -2.11. The Morgan fingerprint density at radius 1 is 1.20 bits per heavy atom. The largest absolute Gasteiger partial charge is 0.495 e. The van der Waals surface area contributed by atoms with Crippen molar-refractivity contribution < 1.29 is 9.47 Å². The van der Waals surface area contributed by atoms with Crippen LogP contribution in [0.1, 0.15) is 39.2 Å². The molecule has 1 saturated carbocycles. The summed E-state index contributed by atoms with van der Waals surface area (Å²) >= 11 is 7.99. The minimum atomic E-state index is 0.290. The number of nitrogens with zero attached hydrogens (tertiary/aromatic N) is 4. The molecule has 3 heterocycles. The van der Waals surface area contributed by atoms with Crippen molar-refractivity contribution in [2.75, 3.05) is 19.0 Å². The second kappa shape index (κ2) is 8.73. The van der Waals surface area contributed by atoms with E-state index in [9.17, 15) is 0 Å². The highest BCUT2D eigenvalue weighted by molar-refractivity contribution is 7.11. The van der Waals surface area contributed by atoms with Crippen LogP contribution in [0.5, 0.6) is 11.8 Å². The summed E-state index contributed by atoms with van der Waals surface area (Å²) < 4.78 is 11.0. The summed E-state index contributed by atoms with van der Waals surface area (Å²) in [5, 5.41) is 4.79. The SMILES string of the molecule is COc1ccc(C2CC2COc2nc(Cl)c(C)c(NCc3sc(C)nc3C)n2)nc1. The zero-order chi connectivity index (χ0) is 21.3. The zero-order valence-electron chi connectivity index (χ0n) is 17.4. The minimum Gasteiger partial charge on any atom is -0.495 e. The molecule has 0 saturated heterocycles. The second-order valence-electron chi connectivity index (χ2n) is 7.40. The molecule has 1 aliphatic rings. The molecule has 2 unspecified atom stereocenters. The molecule has 1 N–H and O–H groups in total. The Kier molecular flexibility index (Phi) is 6.06.